The zero-order chi connectivity index (χ0) is 17.1. The van der Waals surface area contributed by atoms with Crippen molar-refractivity contribution in [2.75, 3.05) is 19.7 Å². The number of aromatic nitrogens is 4. The topological polar surface area (TPSA) is 72.6 Å². The second kappa shape index (κ2) is 6.88. The largest absolute Gasteiger partial charge is 0.482 e. The predicted octanol–water partition coefficient (Wildman–Crippen LogP) is 1.91. The maximum atomic E-state index is 12.3. The number of rotatable bonds is 4. The number of pyridine rings is 1. The van der Waals surface area contributed by atoms with Gasteiger partial charge in [0.05, 0.1) is 12.4 Å². The summed E-state index contributed by atoms with van der Waals surface area (Å²) >= 11 is 0. The number of likely N-dealkylation sites (tertiary alicyclic amines) is 1. The summed E-state index contributed by atoms with van der Waals surface area (Å²) in [5, 5.41) is 4.36. The highest BCUT2D eigenvalue weighted by Gasteiger charge is 2.25. The molecule has 1 amide bonds. The highest BCUT2D eigenvalue weighted by atomic mass is 16.5. The van der Waals surface area contributed by atoms with Gasteiger partial charge >= 0.3 is 0 Å². The molecule has 4 heterocycles. The summed E-state index contributed by atoms with van der Waals surface area (Å²) in [5.41, 5.74) is 2.02. The number of hydrogen-bond acceptors (Lipinski definition) is 5. The summed E-state index contributed by atoms with van der Waals surface area (Å²) in [5.74, 6) is 1.01. The Kier molecular flexibility index (Phi) is 4.28. The van der Waals surface area contributed by atoms with Gasteiger partial charge in [-0.2, -0.15) is 5.10 Å². The number of amides is 1. The Bertz CT molecular complexity index is 856. The number of piperidine rings is 1. The highest BCUT2D eigenvalue weighted by Crippen LogP contribution is 2.27. The van der Waals surface area contributed by atoms with E-state index in [1.54, 1.807) is 30.7 Å². The van der Waals surface area contributed by atoms with Crippen LogP contribution in [0.5, 0.6) is 5.75 Å². The van der Waals surface area contributed by atoms with Gasteiger partial charge in [0.1, 0.15) is 5.75 Å². The SMILES string of the molecule is O=C(COc1cccnc1)N1CCC(c2ccnc3ccnn23)CC1. The molecule has 0 saturated carbocycles. The smallest absolute Gasteiger partial charge is 0.260 e. The van der Waals surface area contributed by atoms with Crippen molar-refractivity contribution >= 4 is 11.6 Å². The summed E-state index contributed by atoms with van der Waals surface area (Å²) in [7, 11) is 0. The number of nitrogens with zero attached hydrogens (tertiary/aromatic N) is 5. The molecule has 25 heavy (non-hydrogen) atoms. The molecule has 1 aliphatic heterocycles. The van der Waals surface area contributed by atoms with E-state index in [2.05, 4.69) is 15.1 Å². The van der Waals surface area contributed by atoms with Gasteiger partial charge < -0.3 is 9.64 Å². The number of fused-ring (bicyclic) bond motifs is 1. The Morgan fingerprint density at radius 3 is 2.84 bits per heavy atom. The Morgan fingerprint density at radius 1 is 1.16 bits per heavy atom. The lowest BCUT2D eigenvalue weighted by Gasteiger charge is -2.32. The third-order valence-electron chi connectivity index (χ3n) is 4.58. The zero-order valence-electron chi connectivity index (χ0n) is 13.8. The molecule has 1 fully saturated rings. The third-order valence-corrected chi connectivity index (χ3v) is 4.58. The van der Waals surface area contributed by atoms with Crippen LogP contribution in [0.25, 0.3) is 5.65 Å². The Labute approximate surface area is 145 Å². The quantitative estimate of drug-likeness (QED) is 0.727. The van der Waals surface area contributed by atoms with Crippen molar-refractivity contribution in [2.45, 2.75) is 18.8 Å². The molecule has 0 bridgehead atoms. The van der Waals surface area contributed by atoms with Gasteiger partial charge in [-0.25, -0.2) is 9.50 Å². The van der Waals surface area contributed by atoms with Crippen molar-refractivity contribution in [3.05, 3.63) is 54.7 Å². The van der Waals surface area contributed by atoms with Gasteiger partial charge in [0.15, 0.2) is 12.3 Å². The van der Waals surface area contributed by atoms with E-state index in [0.29, 0.717) is 11.7 Å². The van der Waals surface area contributed by atoms with E-state index < -0.39 is 0 Å². The van der Waals surface area contributed by atoms with Gasteiger partial charge in [0.25, 0.3) is 5.91 Å². The molecule has 1 saturated heterocycles. The van der Waals surface area contributed by atoms with Crippen LogP contribution in [0.15, 0.2) is 49.1 Å². The fourth-order valence-corrected chi connectivity index (χ4v) is 3.26. The molecule has 0 aromatic carbocycles. The molecule has 3 aromatic rings. The molecule has 128 valence electrons. The Morgan fingerprint density at radius 2 is 2.04 bits per heavy atom. The highest BCUT2D eigenvalue weighted by molar-refractivity contribution is 5.77. The summed E-state index contributed by atoms with van der Waals surface area (Å²) in [6, 6.07) is 7.51. The first-order valence-electron chi connectivity index (χ1n) is 8.40. The maximum Gasteiger partial charge on any atom is 0.260 e. The average molecular weight is 337 g/mol. The minimum atomic E-state index is 0.0151. The number of carbonyl (C=O) groups is 1. The van der Waals surface area contributed by atoms with E-state index in [9.17, 15) is 4.79 Å². The number of hydrogen-bond donors (Lipinski definition) is 0. The van der Waals surface area contributed by atoms with Gasteiger partial charge in [-0.3, -0.25) is 9.78 Å². The predicted molar refractivity (Wildman–Crippen MR) is 91.3 cm³/mol. The minimum Gasteiger partial charge on any atom is -0.482 e. The van der Waals surface area contributed by atoms with Gasteiger partial charge in [0, 0.05) is 43.2 Å². The van der Waals surface area contributed by atoms with Gasteiger partial charge in [-0.15, -0.1) is 0 Å². The van der Waals surface area contributed by atoms with Crippen LogP contribution >= 0.6 is 0 Å². The van der Waals surface area contributed by atoms with E-state index in [-0.39, 0.29) is 12.5 Å². The van der Waals surface area contributed by atoms with E-state index in [0.717, 1.165) is 37.3 Å². The van der Waals surface area contributed by atoms with Crippen LogP contribution in [-0.2, 0) is 4.79 Å². The first-order valence-corrected chi connectivity index (χ1v) is 8.40. The van der Waals surface area contributed by atoms with Gasteiger partial charge in [-0.1, -0.05) is 0 Å². The van der Waals surface area contributed by atoms with Crippen molar-refractivity contribution in [3.8, 4) is 5.75 Å². The molecule has 7 heteroatoms. The fourth-order valence-electron chi connectivity index (χ4n) is 3.26. The maximum absolute atomic E-state index is 12.3. The van der Waals surface area contributed by atoms with E-state index in [4.69, 9.17) is 4.74 Å². The van der Waals surface area contributed by atoms with Crippen molar-refractivity contribution < 1.29 is 9.53 Å². The first kappa shape index (κ1) is 15.6. The normalized spacial score (nSPS) is 15.4. The van der Waals surface area contributed by atoms with E-state index >= 15 is 0 Å². The molecular weight excluding hydrogens is 318 g/mol. The lowest BCUT2D eigenvalue weighted by Crippen LogP contribution is -2.40. The Hall–Kier alpha value is -2.96. The van der Waals surface area contributed by atoms with Crippen molar-refractivity contribution in [1.29, 1.82) is 0 Å². The standard InChI is InChI=1S/C18H19N5O2/c24-18(13-25-15-2-1-7-19-12-15)22-10-5-14(6-11-22)16-3-8-20-17-4-9-21-23(16)17/h1-4,7-9,12,14H,5-6,10-11,13H2. The Balaban J connectivity index is 1.35. The van der Waals surface area contributed by atoms with Crippen molar-refractivity contribution in [3.63, 3.8) is 0 Å². The molecular formula is C18H19N5O2. The summed E-state index contributed by atoms with van der Waals surface area (Å²) in [4.78, 5) is 22.5. The third kappa shape index (κ3) is 3.31. The van der Waals surface area contributed by atoms with Crippen LogP contribution in [0.3, 0.4) is 0 Å². The molecule has 1 aliphatic rings. The van der Waals surface area contributed by atoms with E-state index in [1.165, 1.54) is 0 Å². The molecule has 0 spiro atoms. The zero-order valence-corrected chi connectivity index (χ0v) is 13.8. The van der Waals surface area contributed by atoms with Crippen molar-refractivity contribution in [2.24, 2.45) is 0 Å². The van der Waals surface area contributed by atoms with Crippen LogP contribution in [-0.4, -0.2) is 50.1 Å². The molecule has 4 rings (SSSR count). The lowest BCUT2D eigenvalue weighted by atomic mass is 9.93. The minimum absolute atomic E-state index is 0.0151. The molecule has 3 aromatic heterocycles. The second-order valence-electron chi connectivity index (χ2n) is 6.10. The van der Waals surface area contributed by atoms with Gasteiger partial charge in [0.2, 0.25) is 0 Å². The average Bonchev–Trinajstić information content (AvgIpc) is 3.16. The van der Waals surface area contributed by atoms with Crippen LogP contribution in [0.1, 0.15) is 24.5 Å². The fraction of sp³-hybridized carbons (Fsp3) is 0.333. The van der Waals surface area contributed by atoms with Crippen LogP contribution < -0.4 is 4.74 Å². The van der Waals surface area contributed by atoms with Crippen LogP contribution in [0.2, 0.25) is 0 Å². The van der Waals surface area contributed by atoms with Crippen LogP contribution in [0, 0.1) is 0 Å². The summed E-state index contributed by atoms with van der Waals surface area (Å²) in [6.07, 6.45) is 8.70. The summed E-state index contributed by atoms with van der Waals surface area (Å²) in [6.45, 7) is 1.50. The summed E-state index contributed by atoms with van der Waals surface area (Å²) < 4.78 is 7.40. The molecule has 0 radical (unpaired) electrons. The second-order valence-corrected chi connectivity index (χ2v) is 6.10. The van der Waals surface area contributed by atoms with Crippen LogP contribution in [0.4, 0.5) is 0 Å². The molecule has 0 N–H and O–H groups in total. The lowest BCUT2D eigenvalue weighted by molar-refractivity contribution is -0.134. The van der Waals surface area contributed by atoms with E-state index in [1.807, 2.05) is 27.7 Å². The number of ether oxygens (including phenoxy) is 1. The van der Waals surface area contributed by atoms with Crippen molar-refractivity contribution in [1.82, 2.24) is 24.5 Å². The monoisotopic (exact) mass is 337 g/mol. The first-order chi connectivity index (χ1) is 12.3. The molecule has 0 atom stereocenters. The molecule has 0 unspecified atom stereocenters. The molecule has 7 nitrogen and oxygen atoms in total. The molecule has 0 aliphatic carbocycles. The van der Waals surface area contributed by atoms with Gasteiger partial charge in [-0.05, 0) is 31.0 Å². The number of carbonyl (C=O) groups excluding carboxylic acids is 1.